The third-order valence-electron chi connectivity index (χ3n) is 4.82. The van der Waals surface area contributed by atoms with E-state index in [0.717, 1.165) is 21.9 Å². The third kappa shape index (κ3) is 3.52. The van der Waals surface area contributed by atoms with Gasteiger partial charge in [0.1, 0.15) is 17.4 Å². The van der Waals surface area contributed by atoms with Crippen LogP contribution in [0.3, 0.4) is 0 Å². The number of aryl methyl sites for hydroxylation is 1. The molecule has 0 bridgehead atoms. The molecule has 1 fully saturated rings. The van der Waals surface area contributed by atoms with Crippen molar-refractivity contribution in [2.45, 2.75) is 26.5 Å². The van der Waals surface area contributed by atoms with Crippen molar-refractivity contribution in [3.63, 3.8) is 0 Å². The Morgan fingerprint density at radius 2 is 2.26 bits per heavy atom. The summed E-state index contributed by atoms with van der Waals surface area (Å²) in [6.45, 7) is 3.37. The lowest BCUT2D eigenvalue weighted by Gasteiger charge is -2.23. The lowest BCUT2D eigenvalue weighted by molar-refractivity contribution is -0.136. The number of ether oxygens (including phenoxy) is 1. The van der Waals surface area contributed by atoms with E-state index in [4.69, 9.17) is 4.74 Å². The number of aromatic nitrogens is 2. The molecule has 2 aliphatic rings. The second kappa shape index (κ2) is 7.24. The fraction of sp³-hybridized carbons (Fsp3) is 0.444. The molecule has 0 aliphatic carbocycles. The number of benzene rings is 1. The highest BCUT2D eigenvalue weighted by Gasteiger charge is 2.39. The maximum Gasteiger partial charge on any atom is 0.229 e. The van der Waals surface area contributed by atoms with Gasteiger partial charge in [0.2, 0.25) is 16.9 Å². The molecular weight excluding hydrogens is 368 g/mol. The molecule has 2 aromatic rings. The van der Waals surface area contributed by atoms with E-state index in [-0.39, 0.29) is 24.8 Å². The van der Waals surface area contributed by atoms with Gasteiger partial charge in [-0.15, -0.1) is 10.2 Å². The van der Waals surface area contributed by atoms with Crippen LogP contribution >= 0.6 is 11.3 Å². The maximum atomic E-state index is 13.1. The van der Waals surface area contributed by atoms with Crippen LogP contribution in [0.4, 0.5) is 5.13 Å². The summed E-state index contributed by atoms with van der Waals surface area (Å²) >= 11 is 1.35. The Balaban J connectivity index is 1.50. The van der Waals surface area contributed by atoms with E-state index in [1.165, 1.54) is 11.3 Å². The number of fused-ring (bicyclic) bond motifs is 1. The Morgan fingerprint density at radius 3 is 3.00 bits per heavy atom. The minimum atomic E-state index is -0.399. The van der Waals surface area contributed by atoms with Crippen molar-refractivity contribution in [2.24, 2.45) is 5.92 Å². The van der Waals surface area contributed by atoms with E-state index in [2.05, 4.69) is 10.2 Å². The van der Waals surface area contributed by atoms with Crippen LogP contribution in [-0.2, 0) is 22.7 Å². The number of aliphatic hydroxyl groups excluding tert-OH is 1. The van der Waals surface area contributed by atoms with Gasteiger partial charge in [-0.2, -0.15) is 0 Å². The van der Waals surface area contributed by atoms with Gasteiger partial charge < -0.3 is 14.7 Å². The summed E-state index contributed by atoms with van der Waals surface area (Å²) in [5, 5.41) is 18.7. The van der Waals surface area contributed by atoms with E-state index in [1.807, 2.05) is 25.1 Å². The first-order chi connectivity index (χ1) is 13.0. The summed E-state index contributed by atoms with van der Waals surface area (Å²) in [7, 11) is 0. The fourth-order valence-electron chi connectivity index (χ4n) is 3.45. The molecule has 3 heterocycles. The first-order valence-electron chi connectivity index (χ1n) is 8.80. The quantitative estimate of drug-likeness (QED) is 0.846. The molecule has 0 saturated carbocycles. The van der Waals surface area contributed by atoms with Crippen molar-refractivity contribution in [1.82, 2.24) is 15.1 Å². The van der Waals surface area contributed by atoms with Crippen molar-refractivity contribution in [3.05, 3.63) is 34.3 Å². The van der Waals surface area contributed by atoms with Gasteiger partial charge in [0.15, 0.2) is 0 Å². The van der Waals surface area contributed by atoms with Crippen LogP contribution in [-0.4, -0.2) is 51.7 Å². The van der Waals surface area contributed by atoms with Crippen molar-refractivity contribution in [1.29, 1.82) is 0 Å². The van der Waals surface area contributed by atoms with Crippen LogP contribution in [0.2, 0.25) is 0 Å². The van der Waals surface area contributed by atoms with E-state index in [0.29, 0.717) is 31.4 Å². The number of hydrogen-bond acceptors (Lipinski definition) is 7. The second-order valence-electron chi connectivity index (χ2n) is 6.72. The third-order valence-corrected chi connectivity index (χ3v) is 5.68. The largest absolute Gasteiger partial charge is 0.491 e. The average Bonchev–Trinajstić information content (AvgIpc) is 3.19. The highest BCUT2D eigenvalue weighted by Crippen LogP contribution is 2.30. The first kappa shape index (κ1) is 17.9. The van der Waals surface area contributed by atoms with E-state index < -0.39 is 5.92 Å². The van der Waals surface area contributed by atoms with E-state index in [1.54, 1.807) is 9.80 Å². The molecule has 1 aromatic carbocycles. The topological polar surface area (TPSA) is 95.9 Å². The zero-order valence-corrected chi connectivity index (χ0v) is 15.7. The molecule has 8 nitrogen and oxygen atoms in total. The monoisotopic (exact) mass is 388 g/mol. The van der Waals surface area contributed by atoms with Gasteiger partial charge in [-0.3, -0.25) is 14.5 Å². The van der Waals surface area contributed by atoms with Gasteiger partial charge in [0.05, 0.1) is 19.1 Å². The summed E-state index contributed by atoms with van der Waals surface area (Å²) in [5.74, 6) is 0.178. The van der Waals surface area contributed by atoms with Crippen molar-refractivity contribution >= 4 is 28.3 Å². The SMILES string of the molecule is Cc1nnc(N2CC(C(=O)N3CCOc4ccc(CO)cc4C3)CC2=O)s1. The average molecular weight is 388 g/mol. The number of amides is 2. The number of carbonyl (C=O) groups excluding carboxylic acids is 2. The van der Waals surface area contributed by atoms with Crippen LogP contribution in [0.5, 0.6) is 5.75 Å². The van der Waals surface area contributed by atoms with Gasteiger partial charge >= 0.3 is 0 Å². The van der Waals surface area contributed by atoms with Crippen LogP contribution in [0.25, 0.3) is 0 Å². The standard InChI is InChI=1S/C18H20N4O4S/c1-11-19-20-18(27-11)22-9-14(7-16(22)24)17(25)21-4-5-26-15-3-2-12(10-23)6-13(15)8-21/h2-3,6,14,23H,4-5,7-10H2,1H3. The van der Waals surface area contributed by atoms with E-state index in [9.17, 15) is 14.7 Å². The fourth-order valence-corrected chi connectivity index (χ4v) is 4.16. The van der Waals surface area contributed by atoms with Crippen LogP contribution in [0.15, 0.2) is 18.2 Å². The lowest BCUT2D eigenvalue weighted by atomic mass is 10.1. The summed E-state index contributed by atoms with van der Waals surface area (Å²) in [4.78, 5) is 28.7. The predicted molar refractivity (Wildman–Crippen MR) is 98.4 cm³/mol. The van der Waals surface area contributed by atoms with Gasteiger partial charge in [-0.05, 0) is 24.6 Å². The van der Waals surface area contributed by atoms with Gasteiger partial charge in [-0.1, -0.05) is 17.4 Å². The summed E-state index contributed by atoms with van der Waals surface area (Å²) in [6, 6.07) is 5.50. The molecule has 1 N–H and O–H groups in total. The Kier molecular flexibility index (Phi) is 4.79. The Morgan fingerprint density at radius 1 is 1.41 bits per heavy atom. The highest BCUT2D eigenvalue weighted by molar-refractivity contribution is 7.15. The smallest absolute Gasteiger partial charge is 0.229 e. The Bertz CT molecular complexity index is 884. The van der Waals surface area contributed by atoms with Crippen molar-refractivity contribution < 1.29 is 19.4 Å². The molecule has 142 valence electrons. The number of aliphatic hydroxyl groups is 1. The summed E-state index contributed by atoms with van der Waals surface area (Å²) in [5.41, 5.74) is 1.65. The van der Waals surface area contributed by atoms with Crippen LogP contribution in [0.1, 0.15) is 22.6 Å². The summed E-state index contributed by atoms with van der Waals surface area (Å²) in [6.07, 6.45) is 0.179. The number of anilines is 1. The number of rotatable bonds is 3. The minimum absolute atomic E-state index is 0.0575. The Labute approximate surface area is 160 Å². The van der Waals surface area contributed by atoms with Gasteiger partial charge in [0, 0.05) is 25.1 Å². The minimum Gasteiger partial charge on any atom is -0.491 e. The number of nitrogens with zero attached hydrogens (tertiary/aromatic N) is 4. The molecule has 1 saturated heterocycles. The van der Waals surface area contributed by atoms with Crippen LogP contribution in [0, 0.1) is 12.8 Å². The van der Waals surface area contributed by atoms with Crippen molar-refractivity contribution in [3.8, 4) is 5.75 Å². The van der Waals surface area contributed by atoms with Gasteiger partial charge in [-0.25, -0.2) is 0 Å². The predicted octanol–water partition coefficient (Wildman–Crippen LogP) is 1.11. The van der Waals surface area contributed by atoms with E-state index >= 15 is 0 Å². The molecule has 2 aliphatic heterocycles. The van der Waals surface area contributed by atoms with Crippen LogP contribution < -0.4 is 9.64 Å². The molecule has 0 spiro atoms. The second-order valence-corrected chi connectivity index (χ2v) is 7.88. The lowest BCUT2D eigenvalue weighted by Crippen LogP contribution is -2.38. The normalized spacial score (nSPS) is 19.6. The molecule has 9 heteroatoms. The number of hydrogen-bond donors (Lipinski definition) is 1. The Hall–Kier alpha value is -2.52. The molecule has 1 unspecified atom stereocenters. The molecule has 1 atom stereocenters. The highest BCUT2D eigenvalue weighted by atomic mass is 32.1. The summed E-state index contributed by atoms with van der Waals surface area (Å²) < 4.78 is 5.74. The molecular formula is C18H20N4O4S. The maximum absolute atomic E-state index is 13.1. The molecule has 2 amide bonds. The molecule has 27 heavy (non-hydrogen) atoms. The zero-order valence-electron chi connectivity index (χ0n) is 14.9. The number of carbonyl (C=O) groups is 2. The first-order valence-corrected chi connectivity index (χ1v) is 9.61. The molecule has 4 rings (SSSR count). The van der Waals surface area contributed by atoms with Gasteiger partial charge in [0.25, 0.3) is 0 Å². The molecule has 1 aromatic heterocycles. The zero-order chi connectivity index (χ0) is 19.0. The van der Waals surface area contributed by atoms with Crippen molar-refractivity contribution in [2.75, 3.05) is 24.6 Å². The molecule has 0 radical (unpaired) electrons.